The normalized spacial score (nSPS) is 21.2. The van der Waals surface area contributed by atoms with Crippen molar-refractivity contribution in [1.82, 2.24) is 19.0 Å². The summed E-state index contributed by atoms with van der Waals surface area (Å²) in [7, 11) is 0. The van der Waals surface area contributed by atoms with Crippen molar-refractivity contribution in [1.29, 1.82) is 0 Å². The summed E-state index contributed by atoms with van der Waals surface area (Å²) >= 11 is 7.83. The van der Waals surface area contributed by atoms with Crippen LogP contribution in [0.5, 0.6) is 5.75 Å². The lowest BCUT2D eigenvalue weighted by molar-refractivity contribution is -0.141. The summed E-state index contributed by atoms with van der Waals surface area (Å²) in [5.74, 6) is 0.736. The van der Waals surface area contributed by atoms with Gasteiger partial charge in [0, 0.05) is 71.0 Å². The summed E-state index contributed by atoms with van der Waals surface area (Å²) in [4.78, 5) is 32.8. The highest BCUT2D eigenvalue weighted by molar-refractivity contribution is 7.19. The molecule has 4 aromatic rings. The summed E-state index contributed by atoms with van der Waals surface area (Å²) in [5, 5.41) is 0.552. The number of nitrogens with zero attached hydrogens (tertiary/aromatic N) is 4. The summed E-state index contributed by atoms with van der Waals surface area (Å²) in [6, 6.07) is 9.13. The van der Waals surface area contributed by atoms with Gasteiger partial charge >= 0.3 is 11.9 Å². The number of thiophene rings is 1. The topological polar surface area (TPSA) is 78.6 Å². The third-order valence-electron chi connectivity index (χ3n) is 8.04. The first-order valence-corrected chi connectivity index (χ1v) is 15.2. The minimum absolute atomic E-state index is 0.0544. The van der Waals surface area contributed by atoms with Gasteiger partial charge in [-0.15, -0.1) is 11.3 Å². The second-order valence-electron chi connectivity index (χ2n) is 11.2. The number of hydrogen-bond acceptors (Lipinski definition) is 7. The number of ether oxygens (including phenoxy) is 2. The van der Waals surface area contributed by atoms with Crippen LogP contribution in [-0.2, 0) is 17.8 Å². The molecule has 1 saturated heterocycles. The van der Waals surface area contributed by atoms with Crippen LogP contribution in [0, 0.1) is 6.92 Å². The fourth-order valence-corrected chi connectivity index (χ4v) is 7.29. The average Bonchev–Trinajstić information content (AvgIpc) is 3.34. The van der Waals surface area contributed by atoms with E-state index in [-0.39, 0.29) is 12.6 Å². The van der Waals surface area contributed by atoms with Crippen molar-refractivity contribution in [2.75, 3.05) is 19.8 Å². The first-order valence-electron chi connectivity index (χ1n) is 14.0. The summed E-state index contributed by atoms with van der Waals surface area (Å²) in [5.41, 5.74) is 1.45. The van der Waals surface area contributed by atoms with E-state index >= 15 is 0 Å². The van der Waals surface area contributed by atoms with Crippen LogP contribution in [0.1, 0.15) is 30.2 Å². The Hall–Kier alpha value is -3.19. The van der Waals surface area contributed by atoms with E-state index in [4.69, 9.17) is 21.1 Å². The minimum atomic E-state index is -4.60. The molecule has 13 heteroatoms. The molecule has 1 aliphatic carbocycles. The van der Waals surface area contributed by atoms with Gasteiger partial charge in [0.1, 0.15) is 18.4 Å². The third kappa shape index (κ3) is 6.24. The third-order valence-corrected chi connectivity index (χ3v) is 9.40. The second kappa shape index (κ2) is 11.7. The Morgan fingerprint density at radius 3 is 2.70 bits per heavy atom. The largest absolute Gasteiger partial charge is 0.489 e. The van der Waals surface area contributed by atoms with E-state index in [0.717, 1.165) is 76.6 Å². The Morgan fingerprint density at radius 2 is 1.95 bits per heavy atom. The van der Waals surface area contributed by atoms with Gasteiger partial charge in [-0.05, 0) is 43.7 Å². The van der Waals surface area contributed by atoms with E-state index in [0.29, 0.717) is 32.1 Å². The zero-order valence-electron chi connectivity index (χ0n) is 23.6. The van der Waals surface area contributed by atoms with Gasteiger partial charge in [-0.3, -0.25) is 23.8 Å². The Labute approximate surface area is 254 Å². The molecule has 1 aromatic carbocycles. The molecular weight excluding hydrogens is 605 g/mol. The minimum Gasteiger partial charge on any atom is -0.489 e. The van der Waals surface area contributed by atoms with Gasteiger partial charge in [-0.2, -0.15) is 13.2 Å². The molecule has 6 rings (SSSR count). The molecule has 0 unspecified atom stereocenters. The van der Waals surface area contributed by atoms with Crippen molar-refractivity contribution in [3.63, 3.8) is 0 Å². The maximum absolute atomic E-state index is 13.0. The van der Waals surface area contributed by atoms with Crippen molar-refractivity contribution in [2.45, 2.75) is 64.1 Å². The van der Waals surface area contributed by atoms with Crippen LogP contribution in [0.15, 0.2) is 52.3 Å². The summed E-state index contributed by atoms with van der Waals surface area (Å²) in [6.07, 6.45) is -0.180. The van der Waals surface area contributed by atoms with E-state index in [2.05, 4.69) is 16.8 Å². The molecule has 1 aliphatic heterocycles. The number of morpholine rings is 1. The maximum atomic E-state index is 13.0. The van der Waals surface area contributed by atoms with E-state index in [1.165, 1.54) is 11.3 Å². The Balaban J connectivity index is 1.30. The molecule has 2 aliphatic rings. The average molecular weight is 635 g/mol. The number of alkyl halides is 3. The van der Waals surface area contributed by atoms with Crippen molar-refractivity contribution in [3.05, 3.63) is 79.0 Å². The lowest BCUT2D eigenvalue weighted by Gasteiger charge is -2.47. The maximum Gasteiger partial charge on any atom is 0.406 e. The van der Waals surface area contributed by atoms with Crippen LogP contribution in [-0.4, -0.2) is 63.1 Å². The number of fused-ring (bicyclic) bond motifs is 1. The van der Waals surface area contributed by atoms with Crippen molar-refractivity contribution >= 4 is 33.2 Å². The monoisotopic (exact) mass is 634 g/mol. The molecule has 228 valence electrons. The lowest BCUT2D eigenvalue weighted by atomic mass is 9.86. The molecule has 0 spiro atoms. The van der Waals surface area contributed by atoms with Crippen LogP contribution in [0.2, 0.25) is 5.02 Å². The number of halogens is 4. The number of benzene rings is 1. The highest BCUT2D eigenvalue weighted by Gasteiger charge is 2.38. The molecule has 0 bridgehead atoms. The Kier molecular flexibility index (Phi) is 8.14. The number of aryl methyl sites for hydroxylation is 1. The van der Waals surface area contributed by atoms with Crippen molar-refractivity contribution in [2.24, 2.45) is 0 Å². The van der Waals surface area contributed by atoms with Gasteiger partial charge in [-0.1, -0.05) is 11.6 Å². The van der Waals surface area contributed by atoms with Gasteiger partial charge < -0.3 is 9.47 Å². The first kappa shape index (κ1) is 29.9. The molecular formula is C30H30ClF3N4O4S. The van der Waals surface area contributed by atoms with Crippen molar-refractivity contribution in [3.8, 4) is 16.9 Å². The fraction of sp³-hybridized carbons (Fsp3) is 0.433. The second-order valence-corrected chi connectivity index (χ2v) is 12.8. The molecule has 2 fully saturated rings. The van der Waals surface area contributed by atoms with Crippen LogP contribution >= 0.6 is 22.9 Å². The van der Waals surface area contributed by atoms with E-state index < -0.39 is 24.0 Å². The Bertz CT molecular complexity index is 1780. The van der Waals surface area contributed by atoms with E-state index in [9.17, 15) is 22.8 Å². The predicted octanol–water partition coefficient (Wildman–Crippen LogP) is 5.49. The number of pyridine rings is 1. The predicted molar refractivity (Wildman–Crippen MR) is 159 cm³/mol. The zero-order chi connectivity index (χ0) is 30.5. The van der Waals surface area contributed by atoms with E-state index in [1.54, 1.807) is 12.3 Å². The van der Waals surface area contributed by atoms with Crippen LogP contribution in [0.25, 0.3) is 21.3 Å². The molecule has 0 amide bonds. The number of aromatic nitrogens is 3. The van der Waals surface area contributed by atoms with Gasteiger partial charge in [0.05, 0.1) is 30.0 Å². The van der Waals surface area contributed by atoms with Gasteiger partial charge in [-0.25, -0.2) is 4.79 Å². The number of hydrogen-bond donors (Lipinski definition) is 0. The molecule has 1 saturated carbocycles. The van der Waals surface area contributed by atoms with Crippen LogP contribution in [0.4, 0.5) is 13.2 Å². The molecule has 0 N–H and O–H groups in total. The Morgan fingerprint density at radius 1 is 1.16 bits per heavy atom. The zero-order valence-corrected chi connectivity index (χ0v) is 25.1. The van der Waals surface area contributed by atoms with Gasteiger partial charge in [0.2, 0.25) is 0 Å². The van der Waals surface area contributed by atoms with Gasteiger partial charge in [0.25, 0.3) is 5.56 Å². The SMILES string of the molecule is Cc1cc(Cl)cc(-c2ccnc3cc(Cn4c(=O)ccn(CC(F)(F)F)c4=O)sc23)c1OC1CC(N2CCOC[C@H]2C)C1. The van der Waals surface area contributed by atoms with Crippen LogP contribution in [0.3, 0.4) is 0 Å². The standard InChI is InChI=1S/C30H30ClF3N4O4S/c1-17-9-19(31)10-24(27(17)42-21-11-20(12-21)37-7-8-41-15-18(37)2)23-3-5-35-25-13-22(43-28(23)25)14-38-26(39)4-6-36(29(38)40)16-30(32,33)34/h3-6,9-10,13,18,20-21H,7-8,11-12,14-16H2,1-2H3/t18-,20?,21?/m1/s1. The first-order chi connectivity index (χ1) is 20.5. The van der Waals surface area contributed by atoms with Crippen LogP contribution < -0.4 is 16.0 Å². The van der Waals surface area contributed by atoms with E-state index in [1.807, 2.05) is 25.1 Å². The molecule has 4 heterocycles. The summed E-state index contributed by atoms with van der Waals surface area (Å²) < 4.78 is 53.1. The molecule has 8 nitrogen and oxygen atoms in total. The number of rotatable bonds is 7. The molecule has 43 heavy (non-hydrogen) atoms. The quantitative estimate of drug-likeness (QED) is 0.268. The lowest BCUT2D eigenvalue weighted by Crippen LogP contribution is -2.56. The van der Waals surface area contributed by atoms with Crippen molar-refractivity contribution < 1.29 is 22.6 Å². The molecule has 0 radical (unpaired) electrons. The highest BCUT2D eigenvalue weighted by atomic mass is 35.5. The smallest absolute Gasteiger partial charge is 0.406 e. The van der Waals surface area contributed by atoms with Gasteiger partial charge in [0.15, 0.2) is 0 Å². The highest BCUT2D eigenvalue weighted by Crippen LogP contribution is 2.43. The molecule has 3 aromatic heterocycles. The summed E-state index contributed by atoms with van der Waals surface area (Å²) in [6.45, 7) is 4.89. The molecule has 1 atom stereocenters. The fourth-order valence-electron chi connectivity index (χ4n) is 5.89.